The molecule has 0 saturated carbocycles. The SMILES string of the molecule is CC(C)CN(C(=O)c1ccc(F)cc1Br)c1c(N)n(CC(C)C)c(=O)[nH]c1=O. The number of halogens is 2. The number of nitrogens with zero attached hydrogens (tertiary/aromatic N) is 2. The van der Waals surface area contributed by atoms with Gasteiger partial charge in [0, 0.05) is 17.6 Å². The Balaban J connectivity index is 2.68. The van der Waals surface area contributed by atoms with E-state index in [-0.39, 0.29) is 39.9 Å². The van der Waals surface area contributed by atoms with Gasteiger partial charge in [-0.3, -0.25) is 19.1 Å². The van der Waals surface area contributed by atoms with Crippen molar-refractivity contribution in [1.29, 1.82) is 0 Å². The van der Waals surface area contributed by atoms with E-state index in [4.69, 9.17) is 5.73 Å². The molecule has 0 spiro atoms. The molecule has 0 saturated heterocycles. The van der Waals surface area contributed by atoms with Gasteiger partial charge in [-0.25, -0.2) is 9.18 Å². The molecule has 0 bridgehead atoms. The number of aromatic nitrogens is 2. The normalized spacial score (nSPS) is 11.3. The quantitative estimate of drug-likeness (QED) is 0.700. The molecule has 0 aliphatic heterocycles. The first-order valence-corrected chi connectivity index (χ1v) is 9.71. The van der Waals surface area contributed by atoms with Crippen LogP contribution in [0.3, 0.4) is 0 Å². The summed E-state index contributed by atoms with van der Waals surface area (Å²) in [6.07, 6.45) is 0. The van der Waals surface area contributed by atoms with Crippen molar-refractivity contribution in [1.82, 2.24) is 9.55 Å². The zero-order valence-corrected chi connectivity index (χ0v) is 17.8. The predicted octanol–water partition coefficient (Wildman–Crippen LogP) is 2.98. The van der Waals surface area contributed by atoms with Crippen LogP contribution in [0.25, 0.3) is 0 Å². The highest BCUT2D eigenvalue weighted by molar-refractivity contribution is 9.10. The van der Waals surface area contributed by atoms with Gasteiger partial charge in [0.05, 0.1) is 5.56 Å². The highest BCUT2D eigenvalue weighted by Crippen LogP contribution is 2.25. The number of carbonyl (C=O) groups excluding carboxylic acids is 1. The monoisotopic (exact) mass is 454 g/mol. The molecule has 0 aliphatic rings. The van der Waals surface area contributed by atoms with E-state index in [1.807, 2.05) is 27.7 Å². The fraction of sp³-hybridized carbons (Fsp3) is 0.421. The molecule has 1 aromatic carbocycles. The van der Waals surface area contributed by atoms with Crippen LogP contribution in [0.4, 0.5) is 15.9 Å². The lowest BCUT2D eigenvalue weighted by atomic mass is 10.1. The summed E-state index contributed by atoms with van der Waals surface area (Å²) >= 11 is 3.19. The molecule has 0 aliphatic carbocycles. The molecule has 1 heterocycles. The van der Waals surface area contributed by atoms with Crippen LogP contribution in [0, 0.1) is 17.7 Å². The first-order valence-electron chi connectivity index (χ1n) is 8.92. The lowest BCUT2D eigenvalue weighted by Gasteiger charge is -2.26. The van der Waals surface area contributed by atoms with E-state index in [1.54, 1.807) is 0 Å². The summed E-state index contributed by atoms with van der Waals surface area (Å²) in [6.45, 7) is 8.06. The molecule has 0 radical (unpaired) electrons. The third kappa shape index (κ3) is 4.70. The van der Waals surface area contributed by atoms with E-state index in [0.29, 0.717) is 6.54 Å². The Labute approximate surface area is 170 Å². The molecule has 7 nitrogen and oxygen atoms in total. The van der Waals surface area contributed by atoms with E-state index in [9.17, 15) is 18.8 Å². The lowest BCUT2D eigenvalue weighted by Crippen LogP contribution is -2.43. The van der Waals surface area contributed by atoms with Crippen molar-refractivity contribution in [2.75, 3.05) is 17.2 Å². The van der Waals surface area contributed by atoms with Gasteiger partial charge in [0.25, 0.3) is 11.5 Å². The number of rotatable bonds is 6. The Morgan fingerprint density at radius 1 is 1.25 bits per heavy atom. The van der Waals surface area contributed by atoms with Crippen molar-refractivity contribution in [3.8, 4) is 0 Å². The Kier molecular flexibility index (Phi) is 6.82. The summed E-state index contributed by atoms with van der Waals surface area (Å²) in [5.41, 5.74) is 4.89. The van der Waals surface area contributed by atoms with Crippen LogP contribution in [0.2, 0.25) is 0 Å². The van der Waals surface area contributed by atoms with Crippen LogP contribution < -0.4 is 21.9 Å². The molecule has 2 aromatic rings. The summed E-state index contributed by atoms with van der Waals surface area (Å²) in [6, 6.07) is 3.68. The van der Waals surface area contributed by atoms with Crippen molar-refractivity contribution < 1.29 is 9.18 Å². The average Bonchev–Trinajstić information content (AvgIpc) is 2.56. The van der Waals surface area contributed by atoms with Gasteiger partial charge in [0.15, 0.2) is 5.69 Å². The van der Waals surface area contributed by atoms with Crippen LogP contribution in [0.15, 0.2) is 32.3 Å². The van der Waals surface area contributed by atoms with Crippen molar-refractivity contribution in [3.63, 3.8) is 0 Å². The number of nitrogens with two attached hydrogens (primary N) is 1. The van der Waals surface area contributed by atoms with Crippen molar-refractivity contribution in [2.45, 2.75) is 34.2 Å². The molecule has 1 amide bonds. The van der Waals surface area contributed by atoms with Crippen LogP contribution in [-0.4, -0.2) is 22.0 Å². The third-order valence-electron chi connectivity index (χ3n) is 3.99. The van der Waals surface area contributed by atoms with E-state index in [2.05, 4.69) is 20.9 Å². The van der Waals surface area contributed by atoms with Gasteiger partial charge in [-0.05, 0) is 46.0 Å². The van der Waals surface area contributed by atoms with Crippen LogP contribution in [0.1, 0.15) is 38.1 Å². The standard InChI is InChI=1S/C19H24BrFN4O3/c1-10(2)8-24(18(27)13-6-5-12(21)7-14(13)20)15-16(22)25(9-11(3)4)19(28)23-17(15)26/h5-7,10-11H,8-9,22H2,1-4H3,(H,23,26,28). The molecule has 28 heavy (non-hydrogen) atoms. The number of nitrogens with one attached hydrogen (secondary N) is 1. The van der Waals surface area contributed by atoms with E-state index >= 15 is 0 Å². The maximum absolute atomic E-state index is 13.4. The van der Waals surface area contributed by atoms with Gasteiger partial charge in [0.2, 0.25) is 0 Å². The maximum Gasteiger partial charge on any atom is 0.330 e. The number of nitrogen functional groups attached to an aromatic ring is 1. The predicted molar refractivity (Wildman–Crippen MR) is 111 cm³/mol. The second-order valence-corrected chi connectivity index (χ2v) is 8.29. The minimum absolute atomic E-state index is 0.00690. The van der Waals surface area contributed by atoms with Gasteiger partial charge in [-0.1, -0.05) is 27.7 Å². The van der Waals surface area contributed by atoms with Crippen molar-refractivity contribution in [2.24, 2.45) is 11.8 Å². The molecular formula is C19H24BrFN4O3. The second-order valence-electron chi connectivity index (χ2n) is 7.43. The Hall–Kier alpha value is -2.42. The highest BCUT2D eigenvalue weighted by atomic mass is 79.9. The number of amides is 1. The van der Waals surface area contributed by atoms with Crippen molar-refractivity contribution in [3.05, 3.63) is 54.9 Å². The molecule has 0 fully saturated rings. The van der Waals surface area contributed by atoms with Gasteiger partial charge < -0.3 is 10.6 Å². The minimum Gasteiger partial charge on any atom is -0.383 e. The largest absolute Gasteiger partial charge is 0.383 e. The number of hydrogen-bond acceptors (Lipinski definition) is 4. The third-order valence-corrected chi connectivity index (χ3v) is 4.64. The lowest BCUT2D eigenvalue weighted by molar-refractivity contribution is 0.0982. The van der Waals surface area contributed by atoms with Crippen LogP contribution in [-0.2, 0) is 6.54 Å². The summed E-state index contributed by atoms with van der Waals surface area (Å²) in [7, 11) is 0. The summed E-state index contributed by atoms with van der Waals surface area (Å²) in [5, 5.41) is 0. The van der Waals surface area contributed by atoms with Gasteiger partial charge >= 0.3 is 5.69 Å². The zero-order chi connectivity index (χ0) is 21.2. The molecule has 152 valence electrons. The first kappa shape index (κ1) is 21.9. The summed E-state index contributed by atoms with van der Waals surface area (Å²) in [4.78, 5) is 41.5. The highest BCUT2D eigenvalue weighted by Gasteiger charge is 2.27. The van der Waals surface area contributed by atoms with Crippen LogP contribution in [0.5, 0.6) is 0 Å². The summed E-state index contributed by atoms with van der Waals surface area (Å²) in [5.74, 6) is -0.990. The fourth-order valence-electron chi connectivity index (χ4n) is 2.83. The molecule has 0 unspecified atom stereocenters. The Bertz CT molecular complexity index is 998. The van der Waals surface area contributed by atoms with Gasteiger partial charge in [0.1, 0.15) is 11.6 Å². The van der Waals surface area contributed by atoms with Crippen LogP contribution >= 0.6 is 15.9 Å². The smallest absolute Gasteiger partial charge is 0.330 e. The van der Waals surface area contributed by atoms with Gasteiger partial charge in [-0.2, -0.15) is 0 Å². The average molecular weight is 455 g/mol. The molecule has 0 atom stereocenters. The molecular weight excluding hydrogens is 431 g/mol. The Morgan fingerprint density at radius 3 is 2.43 bits per heavy atom. The minimum atomic E-state index is -0.741. The van der Waals surface area contributed by atoms with E-state index < -0.39 is 23.0 Å². The zero-order valence-electron chi connectivity index (χ0n) is 16.3. The number of aromatic amines is 1. The number of H-pyrrole nitrogens is 1. The maximum atomic E-state index is 13.4. The molecule has 9 heteroatoms. The van der Waals surface area contributed by atoms with Crippen molar-refractivity contribution >= 4 is 33.3 Å². The molecule has 1 aromatic heterocycles. The number of anilines is 2. The number of benzene rings is 1. The Morgan fingerprint density at radius 2 is 1.89 bits per heavy atom. The van der Waals surface area contributed by atoms with E-state index in [0.717, 1.165) is 0 Å². The van der Waals surface area contributed by atoms with Gasteiger partial charge in [-0.15, -0.1) is 0 Å². The number of carbonyl (C=O) groups is 1. The second kappa shape index (κ2) is 8.72. The first-order chi connectivity index (χ1) is 13.0. The fourth-order valence-corrected chi connectivity index (χ4v) is 3.35. The number of hydrogen-bond donors (Lipinski definition) is 2. The van der Waals surface area contributed by atoms with E-state index in [1.165, 1.54) is 27.7 Å². The molecule has 3 N–H and O–H groups in total. The molecule has 2 rings (SSSR count). The summed E-state index contributed by atoms with van der Waals surface area (Å²) < 4.78 is 14.9. The topological polar surface area (TPSA) is 101 Å².